The maximum atomic E-state index is 11.4. The third-order valence-corrected chi connectivity index (χ3v) is 4.40. The highest BCUT2D eigenvalue weighted by Crippen LogP contribution is 2.39. The van der Waals surface area contributed by atoms with Gasteiger partial charge in [0.25, 0.3) is 0 Å². The molecule has 0 bridgehead atoms. The smallest absolute Gasteiger partial charge is 0.486 e. The zero-order valence-electron chi connectivity index (χ0n) is 14.8. The molecule has 0 spiro atoms. The zero-order chi connectivity index (χ0) is 17.3. The third kappa shape index (κ3) is 3.10. The van der Waals surface area contributed by atoms with Crippen molar-refractivity contribution in [2.75, 3.05) is 13.2 Å². The summed E-state index contributed by atoms with van der Waals surface area (Å²) in [6.07, 6.45) is 0.790. The van der Waals surface area contributed by atoms with Gasteiger partial charge in [-0.1, -0.05) is 13.8 Å². The van der Waals surface area contributed by atoms with Crippen LogP contribution in [0.4, 0.5) is 0 Å². The highest BCUT2D eigenvalue weighted by atomic mass is 16.7. The lowest BCUT2D eigenvalue weighted by Crippen LogP contribution is -2.41. The molecule has 0 aliphatic carbocycles. The standard InChI is InChI=1S/C15H19BO5.C2H6/c1-14(2)15(3,4)21-16(20-14)12-10(9-17)5-6-11-13(12)19-8-7-18-11;1-2/h5-6,9H,7-8H2,1-4H3;1-2H3. The molecular formula is C17H25BO5. The van der Waals surface area contributed by atoms with Crippen LogP contribution >= 0.6 is 0 Å². The molecule has 2 heterocycles. The number of fused-ring (bicyclic) bond motifs is 1. The fourth-order valence-corrected chi connectivity index (χ4v) is 2.46. The molecule has 6 heteroatoms. The number of carbonyl (C=O) groups excluding carboxylic acids is 1. The predicted molar refractivity (Wildman–Crippen MR) is 89.9 cm³/mol. The monoisotopic (exact) mass is 320 g/mol. The molecule has 2 aliphatic heterocycles. The van der Waals surface area contributed by atoms with Crippen LogP contribution in [-0.2, 0) is 9.31 Å². The first kappa shape index (κ1) is 17.8. The second kappa shape index (κ2) is 6.53. The summed E-state index contributed by atoms with van der Waals surface area (Å²) in [5, 5.41) is 0. The van der Waals surface area contributed by atoms with Crippen molar-refractivity contribution in [2.45, 2.75) is 52.7 Å². The Morgan fingerprint density at radius 1 is 1.00 bits per heavy atom. The summed E-state index contributed by atoms with van der Waals surface area (Å²) in [5.74, 6) is 1.17. The minimum absolute atomic E-state index is 0.446. The van der Waals surface area contributed by atoms with Gasteiger partial charge >= 0.3 is 7.12 Å². The molecule has 0 N–H and O–H groups in total. The van der Waals surface area contributed by atoms with Gasteiger partial charge in [-0.25, -0.2) is 0 Å². The first-order chi connectivity index (χ1) is 10.9. The molecular weight excluding hydrogens is 295 g/mol. The molecule has 5 nitrogen and oxygen atoms in total. The van der Waals surface area contributed by atoms with Crippen molar-refractivity contribution < 1.29 is 23.6 Å². The molecule has 0 radical (unpaired) electrons. The number of aldehydes is 1. The van der Waals surface area contributed by atoms with Crippen LogP contribution in [0.25, 0.3) is 0 Å². The van der Waals surface area contributed by atoms with Gasteiger partial charge in [-0.2, -0.15) is 0 Å². The summed E-state index contributed by atoms with van der Waals surface area (Å²) in [4.78, 5) is 11.4. The SMILES string of the molecule is CC.CC1(C)OB(c2c(C=O)ccc3c2OCCO3)OC1(C)C. The van der Waals surface area contributed by atoms with E-state index in [0.717, 1.165) is 6.29 Å². The predicted octanol–water partition coefficient (Wildman–Crippen LogP) is 2.60. The number of carbonyl (C=O) groups is 1. The molecule has 1 fully saturated rings. The van der Waals surface area contributed by atoms with E-state index < -0.39 is 18.3 Å². The summed E-state index contributed by atoms with van der Waals surface area (Å²) in [6, 6.07) is 3.45. The van der Waals surface area contributed by atoms with E-state index >= 15 is 0 Å². The van der Waals surface area contributed by atoms with Crippen LogP contribution in [0, 0.1) is 0 Å². The molecule has 23 heavy (non-hydrogen) atoms. The number of benzene rings is 1. The minimum Gasteiger partial charge on any atom is -0.486 e. The summed E-state index contributed by atoms with van der Waals surface area (Å²) in [6.45, 7) is 12.8. The second-order valence-electron chi connectivity index (χ2n) is 6.30. The largest absolute Gasteiger partial charge is 0.499 e. The van der Waals surface area contributed by atoms with Crippen molar-refractivity contribution in [3.63, 3.8) is 0 Å². The second-order valence-corrected chi connectivity index (χ2v) is 6.30. The molecule has 0 saturated carbocycles. The Kier molecular flexibility index (Phi) is 5.06. The lowest BCUT2D eigenvalue weighted by molar-refractivity contribution is 0.00578. The molecule has 0 aromatic heterocycles. The summed E-state index contributed by atoms with van der Waals surface area (Å²) in [5.41, 5.74) is 0.158. The summed E-state index contributed by atoms with van der Waals surface area (Å²) < 4.78 is 23.4. The van der Waals surface area contributed by atoms with E-state index in [1.165, 1.54) is 0 Å². The molecule has 2 aliphatic rings. The Labute approximate surface area is 138 Å². The number of ether oxygens (including phenoxy) is 2. The van der Waals surface area contributed by atoms with Gasteiger partial charge in [0.15, 0.2) is 11.5 Å². The van der Waals surface area contributed by atoms with Crippen LogP contribution < -0.4 is 14.9 Å². The van der Waals surface area contributed by atoms with Crippen molar-refractivity contribution in [1.82, 2.24) is 0 Å². The van der Waals surface area contributed by atoms with Gasteiger partial charge in [0, 0.05) is 11.0 Å². The lowest BCUT2D eigenvalue weighted by Gasteiger charge is -2.32. The Bertz CT molecular complexity index is 567. The molecule has 0 unspecified atom stereocenters. The van der Waals surface area contributed by atoms with Crippen molar-refractivity contribution in [3.8, 4) is 11.5 Å². The van der Waals surface area contributed by atoms with Crippen LogP contribution in [0.3, 0.4) is 0 Å². The minimum atomic E-state index is -0.646. The average Bonchev–Trinajstić information content (AvgIpc) is 2.75. The molecule has 1 aromatic rings. The van der Waals surface area contributed by atoms with Gasteiger partial charge in [-0.05, 0) is 39.8 Å². The summed E-state index contributed by atoms with van der Waals surface area (Å²) in [7, 11) is -0.646. The van der Waals surface area contributed by atoms with Gasteiger partial charge in [-0.15, -0.1) is 0 Å². The van der Waals surface area contributed by atoms with Crippen molar-refractivity contribution in [3.05, 3.63) is 17.7 Å². The van der Waals surface area contributed by atoms with Crippen LogP contribution in [0.1, 0.15) is 51.9 Å². The van der Waals surface area contributed by atoms with Gasteiger partial charge < -0.3 is 18.8 Å². The Hall–Kier alpha value is -1.53. The first-order valence-corrected chi connectivity index (χ1v) is 8.09. The Morgan fingerprint density at radius 3 is 2.13 bits per heavy atom. The van der Waals surface area contributed by atoms with E-state index in [9.17, 15) is 4.79 Å². The number of hydrogen-bond acceptors (Lipinski definition) is 5. The van der Waals surface area contributed by atoms with E-state index in [0.29, 0.717) is 35.7 Å². The topological polar surface area (TPSA) is 54.0 Å². The van der Waals surface area contributed by atoms with Gasteiger partial charge in [0.05, 0.1) is 11.2 Å². The first-order valence-electron chi connectivity index (χ1n) is 8.09. The molecule has 1 saturated heterocycles. The van der Waals surface area contributed by atoms with E-state index in [-0.39, 0.29) is 0 Å². The van der Waals surface area contributed by atoms with Crippen molar-refractivity contribution in [1.29, 1.82) is 0 Å². The van der Waals surface area contributed by atoms with Crippen molar-refractivity contribution in [2.24, 2.45) is 0 Å². The van der Waals surface area contributed by atoms with Gasteiger partial charge in [0.2, 0.25) is 0 Å². The van der Waals surface area contributed by atoms with Crippen LogP contribution in [0.2, 0.25) is 0 Å². The van der Waals surface area contributed by atoms with E-state index in [1.54, 1.807) is 12.1 Å². The molecule has 3 rings (SSSR count). The number of rotatable bonds is 2. The zero-order valence-corrected chi connectivity index (χ0v) is 14.8. The fraction of sp³-hybridized carbons (Fsp3) is 0.588. The van der Waals surface area contributed by atoms with Crippen LogP contribution in [-0.4, -0.2) is 37.8 Å². The fourth-order valence-electron chi connectivity index (χ4n) is 2.46. The molecule has 126 valence electrons. The maximum Gasteiger partial charge on any atom is 0.499 e. The highest BCUT2D eigenvalue weighted by Gasteiger charge is 2.53. The van der Waals surface area contributed by atoms with Crippen LogP contribution in [0.15, 0.2) is 12.1 Å². The normalized spacial score (nSPS) is 20.5. The van der Waals surface area contributed by atoms with Crippen LogP contribution in [0.5, 0.6) is 11.5 Å². The Balaban J connectivity index is 0.000000924. The van der Waals surface area contributed by atoms with E-state index in [1.807, 2.05) is 41.5 Å². The molecule has 0 amide bonds. The van der Waals surface area contributed by atoms with Crippen molar-refractivity contribution >= 4 is 18.9 Å². The highest BCUT2D eigenvalue weighted by molar-refractivity contribution is 6.64. The Morgan fingerprint density at radius 2 is 1.57 bits per heavy atom. The maximum absolute atomic E-state index is 11.4. The molecule has 0 atom stereocenters. The van der Waals surface area contributed by atoms with Gasteiger partial charge in [0.1, 0.15) is 19.5 Å². The third-order valence-electron chi connectivity index (χ3n) is 4.40. The summed E-state index contributed by atoms with van der Waals surface area (Å²) >= 11 is 0. The molecule has 1 aromatic carbocycles. The van der Waals surface area contributed by atoms with E-state index in [2.05, 4.69) is 0 Å². The number of hydrogen-bond donors (Lipinski definition) is 0. The average molecular weight is 320 g/mol. The van der Waals surface area contributed by atoms with E-state index in [4.69, 9.17) is 18.8 Å². The van der Waals surface area contributed by atoms with Gasteiger partial charge in [-0.3, -0.25) is 4.79 Å². The quantitative estimate of drug-likeness (QED) is 0.619. The lowest BCUT2D eigenvalue weighted by atomic mass is 9.75.